The first kappa shape index (κ1) is 6.79. The van der Waals surface area contributed by atoms with Crippen LogP contribution in [0.25, 0.3) is 0 Å². The van der Waals surface area contributed by atoms with Gasteiger partial charge in [0.15, 0.2) is 0 Å². The molecule has 1 aromatic carbocycles. The number of hydrogen-bond donors (Lipinski definition) is 0. The molecule has 1 unspecified atom stereocenters. The summed E-state index contributed by atoms with van der Waals surface area (Å²) in [4.78, 5) is 3.39. The molecule has 0 saturated carbocycles. The summed E-state index contributed by atoms with van der Waals surface area (Å²) in [7, 11) is 0. The van der Waals surface area contributed by atoms with Crippen molar-refractivity contribution in [1.82, 2.24) is 4.90 Å². The minimum atomic E-state index is -1.58. The zero-order valence-electron chi connectivity index (χ0n) is 12.4. The molecule has 0 fully saturated rings. The van der Waals surface area contributed by atoms with Crippen molar-refractivity contribution in [1.29, 1.82) is 0 Å². The Morgan fingerprint density at radius 1 is 1.25 bits per heavy atom. The fourth-order valence-corrected chi connectivity index (χ4v) is 2.14. The maximum absolute atomic E-state index is 8.37. The van der Waals surface area contributed by atoms with Gasteiger partial charge in [0.25, 0.3) is 0 Å². The Balaban J connectivity index is 2.10. The molecule has 0 N–H and O–H groups in total. The second-order valence-electron chi connectivity index (χ2n) is 4.08. The Morgan fingerprint density at radius 2 is 2.06 bits per heavy atom. The van der Waals surface area contributed by atoms with Crippen LogP contribution in [0, 0.1) is 6.92 Å². The van der Waals surface area contributed by atoms with Crippen molar-refractivity contribution >= 4 is 5.69 Å². The van der Waals surface area contributed by atoms with E-state index in [1.807, 2.05) is 43.0 Å². The Labute approximate surface area is 101 Å². The molecule has 2 heteroatoms. The van der Waals surface area contributed by atoms with Gasteiger partial charge < -0.3 is 9.80 Å². The number of nitrogens with zero attached hydrogens (tertiary/aromatic N) is 2. The number of fused-ring (bicyclic) bond motifs is 1. The first-order chi connectivity index (χ1) is 8.93. The van der Waals surface area contributed by atoms with Crippen LogP contribution in [-0.4, -0.2) is 18.0 Å². The molecule has 1 atom stereocenters. The maximum atomic E-state index is 8.37. The standard InChI is InChI=1S/C14H16N2/c1-11-6-3-4-7-13(11)16-10-15-9-5-8-14(15)12(16)2/h3-8H,9-10H2,1-2H3/i9D2,10D. The van der Waals surface area contributed by atoms with E-state index in [4.69, 9.17) is 4.11 Å². The summed E-state index contributed by atoms with van der Waals surface area (Å²) in [6.45, 7) is 1.60. The zero-order valence-corrected chi connectivity index (χ0v) is 9.44. The van der Waals surface area contributed by atoms with E-state index in [0.29, 0.717) is 0 Å². The largest absolute Gasteiger partial charge is 0.348 e. The van der Waals surface area contributed by atoms with Gasteiger partial charge in [0.2, 0.25) is 0 Å². The van der Waals surface area contributed by atoms with Crippen LogP contribution in [0.3, 0.4) is 0 Å². The van der Waals surface area contributed by atoms with Crippen LogP contribution in [-0.2, 0) is 0 Å². The minimum absolute atomic E-state index is 0.763. The summed E-state index contributed by atoms with van der Waals surface area (Å²) in [6, 6.07) is 7.90. The van der Waals surface area contributed by atoms with Gasteiger partial charge in [0, 0.05) is 17.9 Å². The average molecular weight is 215 g/mol. The lowest BCUT2D eigenvalue weighted by atomic mass is 10.2. The van der Waals surface area contributed by atoms with Crippen LogP contribution in [0.15, 0.2) is 47.8 Å². The number of benzene rings is 1. The Hall–Kier alpha value is -1.70. The molecule has 0 spiro atoms. The van der Waals surface area contributed by atoms with Gasteiger partial charge in [-0.25, -0.2) is 0 Å². The third kappa shape index (κ3) is 1.26. The number of para-hydroxylation sites is 1. The molecular weight excluding hydrogens is 196 g/mol. The summed E-state index contributed by atoms with van der Waals surface area (Å²) in [5.74, 6) is 0. The highest BCUT2D eigenvalue weighted by molar-refractivity contribution is 5.60. The van der Waals surface area contributed by atoms with Crippen molar-refractivity contribution in [2.45, 2.75) is 13.8 Å². The molecule has 0 aliphatic carbocycles. The Bertz CT molecular complexity index is 592. The molecule has 0 radical (unpaired) electrons. The van der Waals surface area contributed by atoms with Crippen LogP contribution >= 0.6 is 0 Å². The third-order valence-corrected chi connectivity index (χ3v) is 3.05. The van der Waals surface area contributed by atoms with E-state index in [1.54, 1.807) is 6.08 Å². The third-order valence-electron chi connectivity index (χ3n) is 3.05. The van der Waals surface area contributed by atoms with E-state index in [0.717, 1.165) is 22.6 Å². The van der Waals surface area contributed by atoms with Crippen LogP contribution in [0.5, 0.6) is 0 Å². The van der Waals surface area contributed by atoms with Crippen molar-refractivity contribution in [3.05, 3.63) is 53.4 Å². The van der Waals surface area contributed by atoms with Crippen molar-refractivity contribution in [2.75, 3.05) is 18.0 Å². The molecule has 0 aromatic heterocycles. The van der Waals surface area contributed by atoms with Gasteiger partial charge in [-0.1, -0.05) is 24.3 Å². The molecule has 2 aliphatic heterocycles. The first-order valence-corrected chi connectivity index (χ1v) is 5.40. The summed E-state index contributed by atoms with van der Waals surface area (Å²) < 4.78 is 24.3. The van der Waals surface area contributed by atoms with Crippen LogP contribution in [0.1, 0.15) is 16.6 Å². The van der Waals surface area contributed by atoms with Gasteiger partial charge in [-0.3, -0.25) is 0 Å². The van der Waals surface area contributed by atoms with Gasteiger partial charge in [-0.15, -0.1) is 0 Å². The predicted octanol–water partition coefficient (Wildman–Crippen LogP) is 2.88. The molecule has 16 heavy (non-hydrogen) atoms. The van der Waals surface area contributed by atoms with E-state index in [2.05, 4.69) is 0 Å². The Kier molecular flexibility index (Phi) is 1.45. The van der Waals surface area contributed by atoms with Crippen molar-refractivity contribution in [3.63, 3.8) is 0 Å². The molecule has 2 nitrogen and oxygen atoms in total. The molecule has 2 heterocycles. The predicted molar refractivity (Wildman–Crippen MR) is 67.1 cm³/mol. The number of rotatable bonds is 1. The SMILES string of the molecule is [2H]C1N(c2ccccc2C)C(C)=C2C=CC([2H])([2H])N21. The number of allylic oxidation sites excluding steroid dienone is 2. The molecule has 2 aliphatic rings. The lowest BCUT2D eigenvalue weighted by Crippen LogP contribution is -2.26. The van der Waals surface area contributed by atoms with Crippen LogP contribution in [0.4, 0.5) is 5.69 Å². The molecule has 0 saturated heterocycles. The second kappa shape index (κ2) is 3.41. The highest BCUT2D eigenvalue weighted by atomic mass is 15.4. The molecule has 3 rings (SSSR count). The van der Waals surface area contributed by atoms with E-state index in [9.17, 15) is 0 Å². The van der Waals surface area contributed by atoms with Gasteiger partial charge in [0.05, 0.1) is 16.5 Å². The average Bonchev–Trinajstić information content (AvgIpc) is 2.79. The molecule has 0 bridgehead atoms. The fourth-order valence-electron chi connectivity index (χ4n) is 2.14. The highest BCUT2D eigenvalue weighted by Gasteiger charge is 2.27. The maximum Gasteiger partial charge on any atom is 0.0953 e. The van der Waals surface area contributed by atoms with Crippen molar-refractivity contribution < 1.29 is 4.11 Å². The van der Waals surface area contributed by atoms with Gasteiger partial charge in [-0.2, -0.15) is 0 Å². The van der Waals surface area contributed by atoms with E-state index < -0.39 is 13.1 Å². The molecule has 1 aromatic rings. The van der Waals surface area contributed by atoms with Gasteiger partial charge >= 0.3 is 0 Å². The number of anilines is 1. The van der Waals surface area contributed by atoms with E-state index >= 15 is 0 Å². The number of aryl methyl sites for hydroxylation is 1. The summed E-state index contributed by atoms with van der Waals surface area (Å²) in [6.07, 6.45) is 3.29. The zero-order chi connectivity index (χ0) is 13.8. The minimum Gasteiger partial charge on any atom is -0.348 e. The van der Waals surface area contributed by atoms with Crippen molar-refractivity contribution in [3.8, 4) is 0 Å². The van der Waals surface area contributed by atoms with E-state index in [-0.39, 0.29) is 0 Å². The fraction of sp³-hybridized carbons (Fsp3) is 0.286. The lowest BCUT2D eigenvalue weighted by Gasteiger charge is -2.23. The van der Waals surface area contributed by atoms with E-state index in [1.165, 1.54) is 11.0 Å². The quantitative estimate of drug-likeness (QED) is 0.710. The summed E-state index contributed by atoms with van der Waals surface area (Å²) in [5, 5.41) is 0. The normalized spacial score (nSPS) is 29.1. The smallest absolute Gasteiger partial charge is 0.0953 e. The van der Waals surface area contributed by atoms with Crippen molar-refractivity contribution in [2.24, 2.45) is 0 Å². The van der Waals surface area contributed by atoms with Gasteiger partial charge in [0.1, 0.15) is 0 Å². The topological polar surface area (TPSA) is 6.48 Å². The number of hydrogen-bond acceptors (Lipinski definition) is 2. The van der Waals surface area contributed by atoms with Crippen LogP contribution in [0.2, 0.25) is 0 Å². The summed E-state index contributed by atoms with van der Waals surface area (Å²) >= 11 is 0. The molecule has 0 amide bonds. The summed E-state index contributed by atoms with van der Waals surface area (Å²) in [5.41, 5.74) is 3.77. The Morgan fingerprint density at radius 3 is 2.81 bits per heavy atom. The van der Waals surface area contributed by atoms with Gasteiger partial charge in [-0.05, 0) is 31.6 Å². The first-order valence-electron chi connectivity index (χ1n) is 6.98. The lowest BCUT2D eigenvalue weighted by molar-refractivity contribution is 0.444. The monoisotopic (exact) mass is 215 g/mol. The molecule has 82 valence electrons. The second-order valence-corrected chi connectivity index (χ2v) is 4.08. The molecular formula is C14H16N2. The highest BCUT2D eigenvalue weighted by Crippen LogP contribution is 2.33. The van der Waals surface area contributed by atoms with Crippen LogP contribution < -0.4 is 4.90 Å².